The fraction of sp³-hybridized carbons (Fsp3) is 0.667. The number of nitrogens with one attached hydrogen (secondary N) is 1. The van der Waals surface area contributed by atoms with E-state index in [0.717, 1.165) is 0 Å². The number of ether oxygens (including phenoxy) is 1. The predicted octanol–water partition coefficient (Wildman–Crippen LogP) is 1.33. The Hall–Kier alpha value is -1.19. The summed E-state index contributed by atoms with van der Waals surface area (Å²) in [4.78, 5) is 21.7. The molecule has 0 fully saturated rings. The maximum Gasteiger partial charge on any atom is 0.352 e. The van der Waals surface area contributed by atoms with Gasteiger partial charge in [-0.3, -0.25) is 10.2 Å². The molecule has 0 unspecified atom stereocenters. The van der Waals surface area contributed by atoms with Gasteiger partial charge in [0.25, 0.3) is 0 Å². The Morgan fingerprint density at radius 3 is 2.08 bits per heavy atom. The topological polar surface area (TPSA) is 67.2 Å². The van der Waals surface area contributed by atoms with Crippen LogP contribution in [0.2, 0.25) is 0 Å². The predicted molar refractivity (Wildman–Crippen MR) is 48.9 cm³/mol. The number of hydrogen-bond donors (Lipinski definition) is 1. The lowest BCUT2D eigenvalue weighted by Crippen LogP contribution is -2.29. The highest BCUT2D eigenvalue weighted by Crippen LogP contribution is 2.07. The van der Waals surface area contributed by atoms with Crippen LogP contribution in [0.4, 0.5) is 0 Å². The molecular formula is C9H15NO3. The summed E-state index contributed by atoms with van der Waals surface area (Å²) in [6, 6.07) is 0. The molecule has 0 spiro atoms. The van der Waals surface area contributed by atoms with E-state index in [9.17, 15) is 9.59 Å². The van der Waals surface area contributed by atoms with Crippen LogP contribution < -0.4 is 0 Å². The van der Waals surface area contributed by atoms with E-state index in [1.54, 1.807) is 20.8 Å². The molecule has 4 heteroatoms. The molecule has 0 saturated heterocycles. The minimum Gasteiger partial charge on any atom is -0.455 e. The van der Waals surface area contributed by atoms with Gasteiger partial charge in [-0.2, -0.15) is 0 Å². The average molecular weight is 185 g/mol. The van der Waals surface area contributed by atoms with Crippen molar-refractivity contribution in [2.24, 2.45) is 0 Å². The molecule has 0 aromatic carbocycles. The van der Waals surface area contributed by atoms with Crippen LogP contribution in [0.25, 0.3) is 0 Å². The van der Waals surface area contributed by atoms with Crippen molar-refractivity contribution in [3.05, 3.63) is 0 Å². The molecule has 0 aromatic heterocycles. The van der Waals surface area contributed by atoms with E-state index >= 15 is 0 Å². The Balaban J connectivity index is 4.13. The highest BCUT2D eigenvalue weighted by Gasteiger charge is 2.20. The fourth-order valence-corrected chi connectivity index (χ4v) is 0.661. The van der Waals surface area contributed by atoms with Gasteiger partial charge in [-0.1, -0.05) is 0 Å². The van der Waals surface area contributed by atoms with Gasteiger partial charge in [0, 0.05) is 0 Å². The van der Waals surface area contributed by atoms with Crippen LogP contribution in [0, 0.1) is 5.41 Å². The monoisotopic (exact) mass is 185 g/mol. The lowest BCUT2D eigenvalue weighted by molar-refractivity contribution is -0.146. The molecule has 0 rings (SSSR count). The molecule has 4 nitrogen and oxygen atoms in total. The molecule has 0 bridgehead atoms. The van der Waals surface area contributed by atoms with Crippen molar-refractivity contribution in [1.29, 1.82) is 5.41 Å². The number of hydrogen-bond acceptors (Lipinski definition) is 4. The zero-order valence-corrected chi connectivity index (χ0v) is 8.43. The minimum absolute atomic E-state index is 0.158. The molecule has 0 aliphatic heterocycles. The number of rotatable bonds is 3. The summed E-state index contributed by atoms with van der Waals surface area (Å²) in [5, 5.41) is 7.21. The van der Waals surface area contributed by atoms with Crippen LogP contribution in [0.5, 0.6) is 0 Å². The van der Waals surface area contributed by atoms with Crippen molar-refractivity contribution >= 4 is 17.5 Å². The first-order valence-electron chi connectivity index (χ1n) is 4.02. The molecule has 0 aromatic rings. The van der Waals surface area contributed by atoms with Crippen molar-refractivity contribution in [3.8, 4) is 0 Å². The summed E-state index contributed by atoms with van der Waals surface area (Å²) in [6.07, 6.45) is -0.158. The van der Waals surface area contributed by atoms with E-state index in [4.69, 9.17) is 10.1 Å². The Labute approximate surface area is 77.8 Å². The highest BCUT2D eigenvalue weighted by molar-refractivity contribution is 6.38. The zero-order chi connectivity index (χ0) is 10.6. The Morgan fingerprint density at radius 1 is 1.31 bits per heavy atom. The molecule has 0 aliphatic rings. The largest absolute Gasteiger partial charge is 0.455 e. The minimum atomic E-state index is -0.720. The molecule has 1 N–H and O–H groups in total. The van der Waals surface area contributed by atoms with Gasteiger partial charge in [0.2, 0.25) is 0 Å². The van der Waals surface area contributed by atoms with Crippen LogP contribution >= 0.6 is 0 Å². The Kier molecular flexibility index (Phi) is 3.78. The van der Waals surface area contributed by atoms with Crippen molar-refractivity contribution in [2.45, 2.75) is 39.7 Å². The maximum atomic E-state index is 11.1. The van der Waals surface area contributed by atoms with E-state index in [1.165, 1.54) is 6.92 Å². The van der Waals surface area contributed by atoms with E-state index < -0.39 is 11.6 Å². The zero-order valence-electron chi connectivity index (χ0n) is 8.43. The van der Waals surface area contributed by atoms with Crippen molar-refractivity contribution in [3.63, 3.8) is 0 Å². The number of Topliss-reactive ketones (excluding diaryl/α,β-unsaturated/α-hetero) is 1. The van der Waals surface area contributed by atoms with Crippen LogP contribution in [0.3, 0.4) is 0 Å². The van der Waals surface area contributed by atoms with Gasteiger partial charge >= 0.3 is 5.97 Å². The van der Waals surface area contributed by atoms with Crippen LogP contribution in [0.1, 0.15) is 34.1 Å². The number of ketones is 1. The summed E-state index contributed by atoms with van der Waals surface area (Å²) >= 11 is 0. The first-order chi connectivity index (χ1) is 5.72. The van der Waals surface area contributed by atoms with Crippen LogP contribution in [-0.2, 0) is 14.3 Å². The summed E-state index contributed by atoms with van der Waals surface area (Å²) in [6.45, 7) is 6.47. The molecule has 74 valence electrons. The van der Waals surface area contributed by atoms with Gasteiger partial charge < -0.3 is 4.74 Å². The van der Waals surface area contributed by atoms with Crippen molar-refractivity contribution in [2.75, 3.05) is 0 Å². The van der Waals surface area contributed by atoms with E-state index in [2.05, 4.69) is 0 Å². The van der Waals surface area contributed by atoms with E-state index in [0.29, 0.717) is 0 Å². The molecule has 0 aliphatic carbocycles. The average Bonchev–Trinajstić information content (AvgIpc) is 1.81. The van der Waals surface area contributed by atoms with Crippen molar-refractivity contribution in [1.82, 2.24) is 0 Å². The van der Waals surface area contributed by atoms with Crippen LogP contribution in [-0.4, -0.2) is 23.1 Å². The third-order valence-electron chi connectivity index (χ3n) is 1.07. The van der Waals surface area contributed by atoms with Gasteiger partial charge in [-0.15, -0.1) is 0 Å². The molecular weight excluding hydrogens is 170 g/mol. The van der Waals surface area contributed by atoms with E-state index in [1.807, 2.05) is 0 Å². The Bertz CT molecular complexity index is 238. The molecule has 0 radical (unpaired) electrons. The third kappa shape index (κ3) is 6.02. The number of carbonyl (C=O) groups excluding carboxylic acids is 2. The third-order valence-corrected chi connectivity index (χ3v) is 1.07. The second kappa shape index (κ2) is 4.16. The lowest BCUT2D eigenvalue weighted by atomic mass is 10.1. The quantitative estimate of drug-likeness (QED) is 0.532. The van der Waals surface area contributed by atoms with Gasteiger partial charge in [-0.25, -0.2) is 4.79 Å². The Morgan fingerprint density at radius 2 is 1.77 bits per heavy atom. The van der Waals surface area contributed by atoms with Crippen LogP contribution in [0.15, 0.2) is 0 Å². The number of esters is 1. The standard InChI is InChI=1S/C9H15NO3/c1-6(11)5-7(10)8(12)13-9(2,3)4/h10H,5H2,1-4H3. The number of carbonyl (C=O) groups is 2. The van der Waals surface area contributed by atoms with Gasteiger partial charge in [0.15, 0.2) is 0 Å². The molecule has 0 heterocycles. The molecule has 0 saturated carbocycles. The molecule has 13 heavy (non-hydrogen) atoms. The van der Waals surface area contributed by atoms with Crippen molar-refractivity contribution < 1.29 is 14.3 Å². The fourth-order valence-electron chi connectivity index (χ4n) is 0.661. The van der Waals surface area contributed by atoms with Gasteiger partial charge in [0.05, 0.1) is 6.42 Å². The molecule has 0 amide bonds. The highest BCUT2D eigenvalue weighted by atomic mass is 16.6. The summed E-state index contributed by atoms with van der Waals surface area (Å²) in [7, 11) is 0. The second-order valence-electron chi connectivity index (χ2n) is 3.86. The smallest absolute Gasteiger partial charge is 0.352 e. The van der Waals surface area contributed by atoms with Gasteiger partial charge in [-0.05, 0) is 27.7 Å². The first-order valence-corrected chi connectivity index (χ1v) is 4.02. The normalized spacial score (nSPS) is 10.8. The summed E-state index contributed by atoms with van der Waals surface area (Å²) in [5.74, 6) is -0.932. The summed E-state index contributed by atoms with van der Waals surface area (Å²) in [5.41, 5.74) is -0.900. The van der Waals surface area contributed by atoms with Gasteiger partial charge in [0.1, 0.15) is 17.1 Å². The lowest BCUT2D eigenvalue weighted by Gasteiger charge is -2.19. The maximum absolute atomic E-state index is 11.1. The SMILES string of the molecule is CC(=O)CC(=N)C(=O)OC(C)(C)C. The first kappa shape index (κ1) is 11.8. The second-order valence-corrected chi connectivity index (χ2v) is 3.86. The van der Waals surface area contributed by atoms with E-state index in [-0.39, 0.29) is 17.9 Å². The summed E-state index contributed by atoms with van der Waals surface area (Å²) < 4.78 is 4.88. The molecule has 0 atom stereocenters.